The third kappa shape index (κ3) is 6.11. The molecule has 0 aromatic carbocycles. The van der Waals surface area contributed by atoms with Crippen molar-refractivity contribution in [3.63, 3.8) is 0 Å². The summed E-state index contributed by atoms with van der Waals surface area (Å²) in [6.45, 7) is 0. The van der Waals surface area contributed by atoms with Crippen molar-refractivity contribution >= 4 is 28.5 Å². The molecule has 4 heteroatoms. The fourth-order valence-corrected chi connectivity index (χ4v) is 0.677. The Morgan fingerprint density at radius 1 is 1.86 bits per heavy atom. The van der Waals surface area contributed by atoms with E-state index in [1.54, 1.807) is 0 Å². The van der Waals surface area contributed by atoms with E-state index in [1.165, 1.54) is 11.8 Å². The van der Waals surface area contributed by atoms with Crippen molar-refractivity contribution in [3.05, 3.63) is 0 Å². The van der Waals surface area contributed by atoms with Crippen LogP contribution < -0.4 is 5.73 Å². The van der Waals surface area contributed by atoms with Gasteiger partial charge in [0.2, 0.25) is 0 Å². The van der Waals surface area contributed by atoms with Gasteiger partial charge in [0.15, 0.2) is 5.17 Å². The summed E-state index contributed by atoms with van der Waals surface area (Å²) < 4.78 is 0. The summed E-state index contributed by atoms with van der Waals surface area (Å²) in [5, 5.41) is 6.82. The average molecular weight is 139 g/mol. The van der Waals surface area contributed by atoms with Crippen LogP contribution in [-0.4, -0.2) is 16.8 Å². The van der Waals surface area contributed by atoms with Gasteiger partial charge in [-0.25, -0.2) is 0 Å². The number of alkyl halides is 1. The molecule has 0 aliphatic rings. The van der Waals surface area contributed by atoms with Crippen LogP contribution in [0, 0.1) is 5.41 Å². The van der Waals surface area contributed by atoms with E-state index in [0.717, 1.165) is 5.75 Å². The van der Waals surface area contributed by atoms with Crippen molar-refractivity contribution in [2.75, 3.05) is 11.6 Å². The number of halogens is 1. The van der Waals surface area contributed by atoms with Crippen molar-refractivity contribution in [2.45, 2.75) is 0 Å². The molecule has 0 bridgehead atoms. The first-order valence-corrected chi connectivity index (χ1v) is 3.32. The second-order valence-electron chi connectivity index (χ2n) is 0.902. The third-order valence-electron chi connectivity index (χ3n) is 0.335. The molecule has 0 fully saturated rings. The first-order valence-electron chi connectivity index (χ1n) is 1.80. The molecule has 0 unspecified atom stereocenters. The summed E-state index contributed by atoms with van der Waals surface area (Å²) in [6, 6.07) is 0. The van der Waals surface area contributed by atoms with Crippen molar-refractivity contribution in [1.82, 2.24) is 0 Å². The van der Waals surface area contributed by atoms with Crippen molar-refractivity contribution in [2.24, 2.45) is 5.73 Å². The first kappa shape index (κ1) is 7.11. The molecule has 0 aromatic heterocycles. The molecule has 7 heavy (non-hydrogen) atoms. The largest absolute Gasteiger partial charge is 0.379 e. The Balaban J connectivity index is 2.82. The van der Waals surface area contributed by atoms with Gasteiger partial charge in [-0.1, -0.05) is 11.8 Å². The lowest BCUT2D eigenvalue weighted by atomic mass is 11.0. The van der Waals surface area contributed by atoms with Crippen LogP contribution in [0.2, 0.25) is 0 Å². The SMILES string of the molecule is N=C(N)SCCCl. The Morgan fingerprint density at radius 2 is 2.43 bits per heavy atom. The van der Waals surface area contributed by atoms with Gasteiger partial charge in [0.25, 0.3) is 0 Å². The van der Waals surface area contributed by atoms with Crippen LogP contribution in [0.25, 0.3) is 0 Å². The molecule has 0 rings (SSSR count). The highest BCUT2D eigenvalue weighted by Gasteiger charge is 1.85. The summed E-state index contributed by atoms with van der Waals surface area (Å²) in [5.74, 6) is 1.29. The number of thioether (sulfide) groups is 1. The first-order chi connectivity index (χ1) is 3.27. The predicted molar refractivity (Wildman–Crippen MR) is 35.1 cm³/mol. The van der Waals surface area contributed by atoms with Crippen LogP contribution in [0.15, 0.2) is 0 Å². The van der Waals surface area contributed by atoms with Crippen LogP contribution in [0.4, 0.5) is 0 Å². The quantitative estimate of drug-likeness (QED) is 0.338. The Morgan fingerprint density at radius 3 is 2.57 bits per heavy atom. The van der Waals surface area contributed by atoms with Gasteiger partial charge in [-0.2, -0.15) is 0 Å². The third-order valence-corrected chi connectivity index (χ3v) is 1.47. The molecular weight excluding hydrogens is 132 g/mol. The number of rotatable bonds is 2. The minimum Gasteiger partial charge on any atom is -0.379 e. The summed E-state index contributed by atoms with van der Waals surface area (Å²) in [5.41, 5.74) is 4.97. The van der Waals surface area contributed by atoms with Crippen molar-refractivity contribution < 1.29 is 0 Å². The topological polar surface area (TPSA) is 49.9 Å². The predicted octanol–water partition coefficient (Wildman–Crippen LogP) is 0.852. The van der Waals surface area contributed by atoms with E-state index in [-0.39, 0.29) is 5.17 Å². The molecule has 0 saturated heterocycles. The van der Waals surface area contributed by atoms with Gasteiger partial charge in [-0.15, -0.1) is 11.6 Å². The maximum atomic E-state index is 6.68. The Kier molecular flexibility index (Phi) is 4.34. The second-order valence-corrected chi connectivity index (χ2v) is 2.42. The fraction of sp³-hybridized carbons (Fsp3) is 0.667. The van der Waals surface area contributed by atoms with E-state index in [0.29, 0.717) is 5.88 Å². The molecule has 2 nitrogen and oxygen atoms in total. The molecule has 0 amide bonds. The highest BCUT2D eigenvalue weighted by atomic mass is 35.5. The molecule has 0 aromatic rings. The monoisotopic (exact) mass is 138 g/mol. The average Bonchev–Trinajstić information content (AvgIpc) is 1.61. The van der Waals surface area contributed by atoms with Crippen LogP contribution in [0.3, 0.4) is 0 Å². The van der Waals surface area contributed by atoms with Crippen LogP contribution in [-0.2, 0) is 0 Å². The fourth-order valence-electron chi connectivity index (χ4n) is 0.149. The molecule has 42 valence electrons. The molecule has 0 atom stereocenters. The molecule has 0 saturated carbocycles. The minimum atomic E-state index is 0.139. The summed E-state index contributed by atoms with van der Waals surface area (Å²) in [4.78, 5) is 0. The van der Waals surface area contributed by atoms with E-state index in [2.05, 4.69) is 0 Å². The van der Waals surface area contributed by atoms with E-state index >= 15 is 0 Å². The van der Waals surface area contributed by atoms with Gasteiger partial charge >= 0.3 is 0 Å². The Labute approximate surface area is 51.9 Å². The van der Waals surface area contributed by atoms with E-state index in [9.17, 15) is 0 Å². The number of hydrogen-bond donors (Lipinski definition) is 2. The zero-order valence-corrected chi connectivity index (χ0v) is 5.35. The summed E-state index contributed by atoms with van der Waals surface area (Å²) >= 11 is 6.53. The number of nitrogens with two attached hydrogens (primary N) is 1. The van der Waals surface area contributed by atoms with Gasteiger partial charge in [0, 0.05) is 11.6 Å². The lowest BCUT2D eigenvalue weighted by Gasteiger charge is -1.89. The van der Waals surface area contributed by atoms with Crippen molar-refractivity contribution in [1.29, 1.82) is 5.41 Å². The van der Waals surface area contributed by atoms with Gasteiger partial charge in [0.05, 0.1) is 0 Å². The molecule has 3 N–H and O–H groups in total. The molecule has 0 aliphatic heterocycles. The van der Waals surface area contributed by atoms with Gasteiger partial charge in [0.1, 0.15) is 0 Å². The second kappa shape index (κ2) is 4.27. The van der Waals surface area contributed by atoms with Gasteiger partial charge in [-0.05, 0) is 0 Å². The lowest BCUT2D eigenvalue weighted by molar-refractivity contribution is 1.49. The number of nitrogens with one attached hydrogen (secondary N) is 1. The molecule has 0 spiro atoms. The van der Waals surface area contributed by atoms with Crippen molar-refractivity contribution in [3.8, 4) is 0 Å². The maximum Gasteiger partial charge on any atom is 0.151 e. The van der Waals surface area contributed by atoms with Crippen LogP contribution in [0.5, 0.6) is 0 Å². The normalized spacial score (nSPS) is 8.71. The lowest BCUT2D eigenvalue weighted by Crippen LogP contribution is -2.04. The number of hydrogen-bond acceptors (Lipinski definition) is 2. The van der Waals surface area contributed by atoms with Crippen LogP contribution in [0.1, 0.15) is 0 Å². The Hall–Kier alpha value is 0.110. The highest BCUT2D eigenvalue weighted by molar-refractivity contribution is 8.13. The summed E-state index contributed by atoms with van der Waals surface area (Å²) in [7, 11) is 0. The smallest absolute Gasteiger partial charge is 0.151 e. The maximum absolute atomic E-state index is 6.68. The van der Waals surface area contributed by atoms with E-state index in [1.807, 2.05) is 0 Å². The zero-order chi connectivity index (χ0) is 5.70. The molecule has 0 heterocycles. The number of amidine groups is 1. The molecule has 0 aliphatic carbocycles. The minimum absolute atomic E-state index is 0.139. The van der Waals surface area contributed by atoms with Crippen LogP contribution >= 0.6 is 23.4 Å². The standard InChI is InChI=1S/C3H7ClN2S/c4-1-2-7-3(5)6/h1-2H2,(H3,5,6). The highest BCUT2D eigenvalue weighted by Crippen LogP contribution is 1.96. The van der Waals surface area contributed by atoms with Gasteiger partial charge < -0.3 is 5.73 Å². The van der Waals surface area contributed by atoms with Gasteiger partial charge in [-0.3, -0.25) is 5.41 Å². The molecular formula is C3H7ClN2S. The summed E-state index contributed by atoms with van der Waals surface area (Å²) in [6.07, 6.45) is 0. The molecule has 0 radical (unpaired) electrons. The van der Waals surface area contributed by atoms with E-state index in [4.69, 9.17) is 22.7 Å². The van der Waals surface area contributed by atoms with E-state index < -0.39 is 0 Å². The Bertz CT molecular complexity index is 66.0. The zero-order valence-electron chi connectivity index (χ0n) is 3.78.